The van der Waals surface area contributed by atoms with Crippen molar-refractivity contribution in [3.8, 4) is 0 Å². The van der Waals surface area contributed by atoms with E-state index in [1.807, 2.05) is 31.5 Å². The molecular formula is C19H28N4O3. The minimum atomic E-state index is -0.0406. The Morgan fingerprint density at radius 3 is 2.35 bits per heavy atom. The van der Waals surface area contributed by atoms with Crippen LogP contribution in [0.4, 0.5) is 0 Å². The van der Waals surface area contributed by atoms with Crippen molar-refractivity contribution >= 4 is 17.7 Å². The standard InChI is InChI=1S/C19H28N4O3/c1-12-10-13(2)23(21-12)14(3)11-17(24)20-15-4-6-16(7-5-15)22-18(25)8-9-19(22)26/h10,14-16H,4-9,11H2,1-3H3,(H,20,24)/t14-,15?,16?/m0/s1. The minimum absolute atomic E-state index is 0.0132. The summed E-state index contributed by atoms with van der Waals surface area (Å²) in [5.74, 6) is -0.0516. The molecule has 7 heteroatoms. The van der Waals surface area contributed by atoms with Crippen molar-refractivity contribution in [3.05, 3.63) is 17.5 Å². The summed E-state index contributed by atoms with van der Waals surface area (Å²) in [6, 6.07) is 2.16. The van der Waals surface area contributed by atoms with Gasteiger partial charge in [0.05, 0.1) is 11.7 Å². The molecule has 2 heterocycles. The van der Waals surface area contributed by atoms with Gasteiger partial charge in [0.15, 0.2) is 0 Å². The van der Waals surface area contributed by atoms with Crippen molar-refractivity contribution in [2.75, 3.05) is 0 Å². The van der Waals surface area contributed by atoms with E-state index >= 15 is 0 Å². The Morgan fingerprint density at radius 1 is 1.19 bits per heavy atom. The molecule has 142 valence electrons. The zero-order valence-corrected chi connectivity index (χ0v) is 15.8. The number of amides is 3. The molecule has 3 amide bonds. The molecule has 1 saturated heterocycles. The summed E-state index contributed by atoms with van der Waals surface area (Å²) in [4.78, 5) is 37.6. The van der Waals surface area contributed by atoms with Gasteiger partial charge in [-0.3, -0.25) is 24.0 Å². The average molecular weight is 360 g/mol. The number of aromatic nitrogens is 2. The number of carbonyl (C=O) groups excluding carboxylic acids is 3. The van der Waals surface area contributed by atoms with Crippen LogP contribution in [0.25, 0.3) is 0 Å². The fourth-order valence-corrected chi connectivity index (χ4v) is 4.21. The molecule has 26 heavy (non-hydrogen) atoms. The molecule has 3 rings (SSSR count). The zero-order valence-electron chi connectivity index (χ0n) is 15.8. The highest BCUT2D eigenvalue weighted by atomic mass is 16.2. The third kappa shape index (κ3) is 3.97. The first-order valence-corrected chi connectivity index (χ1v) is 9.52. The Labute approximate surface area is 154 Å². The molecule has 1 saturated carbocycles. The van der Waals surface area contributed by atoms with Crippen LogP contribution < -0.4 is 5.32 Å². The number of carbonyl (C=O) groups is 3. The van der Waals surface area contributed by atoms with Crippen molar-refractivity contribution in [2.24, 2.45) is 0 Å². The molecule has 1 aromatic heterocycles. The fraction of sp³-hybridized carbons (Fsp3) is 0.684. The first-order valence-electron chi connectivity index (χ1n) is 9.52. The third-order valence-corrected chi connectivity index (χ3v) is 5.46. The van der Waals surface area contributed by atoms with E-state index in [-0.39, 0.29) is 35.8 Å². The molecule has 1 aliphatic carbocycles. The summed E-state index contributed by atoms with van der Waals surface area (Å²) in [5.41, 5.74) is 2.02. The summed E-state index contributed by atoms with van der Waals surface area (Å²) in [5, 5.41) is 7.56. The lowest BCUT2D eigenvalue weighted by Gasteiger charge is -2.33. The Bertz CT molecular complexity index is 688. The van der Waals surface area contributed by atoms with Gasteiger partial charge in [-0.25, -0.2) is 0 Å². The number of nitrogens with one attached hydrogen (secondary N) is 1. The van der Waals surface area contributed by atoms with Crippen LogP contribution >= 0.6 is 0 Å². The van der Waals surface area contributed by atoms with Gasteiger partial charge in [0, 0.05) is 37.0 Å². The molecule has 0 aromatic carbocycles. The van der Waals surface area contributed by atoms with Crippen LogP contribution in [0.2, 0.25) is 0 Å². The molecule has 1 aliphatic heterocycles. The second-order valence-corrected chi connectivity index (χ2v) is 7.66. The van der Waals surface area contributed by atoms with Crippen molar-refractivity contribution in [1.82, 2.24) is 20.0 Å². The van der Waals surface area contributed by atoms with Gasteiger partial charge in [0.25, 0.3) is 0 Å². The molecule has 2 aliphatic rings. The summed E-state index contributed by atoms with van der Waals surface area (Å²) in [6.45, 7) is 5.95. The quantitative estimate of drug-likeness (QED) is 0.814. The normalized spacial score (nSPS) is 24.8. The molecule has 1 N–H and O–H groups in total. The highest BCUT2D eigenvalue weighted by Gasteiger charge is 2.37. The van der Waals surface area contributed by atoms with Gasteiger partial charge in [-0.05, 0) is 52.5 Å². The van der Waals surface area contributed by atoms with Crippen molar-refractivity contribution < 1.29 is 14.4 Å². The first-order chi connectivity index (χ1) is 12.3. The van der Waals surface area contributed by atoms with Crippen LogP contribution in [0.3, 0.4) is 0 Å². The van der Waals surface area contributed by atoms with Gasteiger partial charge in [-0.2, -0.15) is 5.10 Å². The molecule has 0 spiro atoms. The van der Waals surface area contributed by atoms with Crippen molar-refractivity contribution in [1.29, 1.82) is 0 Å². The highest BCUT2D eigenvalue weighted by molar-refractivity contribution is 6.02. The number of likely N-dealkylation sites (tertiary alicyclic amines) is 1. The Balaban J connectivity index is 1.47. The van der Waals surface area contributed by atoms with Crippen LogP contribution in [-0.2, 0) is 14.4 Å². The Hall–Kier alpha value is -2.18. The number of hydrogen-bond acceptors (Lipinski definition) is 4. The van der Waals surface area contributed by atoms with Crippen LogP contribution in [0.1, 0.15) is 69.3 Å². The molecule has 7 nitrogen and oxygen atoms in total. The highest BCUT2D eigenvalue weighted by Crippen LogP contribution is 2.27. The monoisotopic (exact) mass is 360 g/mol. The third-order valence-electron chi connectivity index (χ3n) is 5.46. The lowest BCUT2D eigenvalue weighted by atomic mass is 9.90. The van der Waals surface area contributed by atoms with E-state index in [2.05, 4.69) is 10.4 Å². The number of nitrogens with zero attached hydrogens (tertiary/aromatic N) is 3. The smallest absolute Gasteiger partial charge is 0.229 e. The van der Waals surface area contributed by atoms with E-state index in [4.69, 9.17) is 0 Å². The molecule has 0 unspecified atom stereocenters. The van der Waals surface area contributed by atoms with Gasteiger partial charge in [0.2, 0.25) is 17.7 Å². The van der Waals surface area contributed by atoms with E-state index < -0.39 is 0 Å². The predicted octanol–water partition coefficient (Wildman–Crippen LogP) is 2.03. The van der Waals surface area contributed by atoms with Gasteiger partial charge in [-0.15, -0.1) is 0 Å². The van der Waals surface area contributed by atoms with Crippen LogP contribution in [0, 0.1) is 13.8 Å². The lowest BCUT2D eigenvalue weighted by molar-refractivity contribution is -0.142. The van der Waals surface area contributed by atoms with E-state index in [0.717, 1.165) is 37.1 Å². The van der Waals surface area contributed by atoms with Crippen LogP contribution in [0.5, 0.6) is 0 Å². The van der Waals surface area contributed by atoms with E-state index in [1.54, 1.807) is 0 Å². The molecule has 0 bridgehead atoms. The van der Waals surface area contributed by atoms with Crippen LogP contribution in [0.15, 0.2) is 6.07 Å². The van der Waals surface area contributed by atoms with Gasteiger partial charge >= 0.3 is 0 Å². The summed E-state index contributed by atoms with van der Waals surface area (Å²) in [6.07, 6.45) is 4.25. The second-order valence-electron chi connectivity index (χ2n) is 7.66. The molecule has 2 fully saturated rings. The summed E-state index contributed by atoms with van der Waals surface area (Å²) in [7, 11) is 0. The van der Waals surface area contributed by atoms with Gasteiger partial charge in [0.1, 0.15) is 0 Å². The maximum absolute atomic E-state index is 12.4. The van der Waals surface area contributed by atoms with E-state index in [1.165, 1.54) is 4.90 Å². The van der Waals surface area contributed by atoms with Crippen molar-refractivity contribution in [2.45, 2.75) is 83.8 Å². The number of hydrogen-bond donors (Lipinski definition) is 1. The molecule has 0 radical (unpaired) electrons. The maximum Gasteiger partial charge on any atom is 0.229 e. The summed E-state index contributed by atoms with van der Waals surface area (Å²) < 4.78 is 1.90. The summed E-state index contributed by atoms with van der Waals surface area (Å²) >= 11 is 0. The average Bonchev–Trinajstić information content (AvgIpc) is 3.09. The van der Waals surface area contributed by atoms with Gasteiger partial charge in [-0.1, -0.05) is 0 Å². The second kappa shape index (κ2) is 7.60. The lowest BCUT2D eigenvalue weighted by Crippen LogP contribution is -2.46. The van der Waals surface area contributed by atoms with E-state index in [9.17, 15) is 14.4 Å². The fourth-order valence-electron chi connectivity index (χ4n) is 4.21. The van der Waals surface area contributed by atoms with Crippen LogP contribution in [-0.4, -0.2) is 44.5 Å². The minimum Gasteiger partial charge on any atom is -0.353 e. The molecular weight excluding hydrogens is 332 g/mol. The SMILES string of the molecule is Cc1cc(C)n([C@@H](C)CC(=O)NC2CCC(N3C(=O)CCC3=O)CC2)n1. The number of rotatable bonds is 5. The van der Waals surface area contributed by atoms with E-state index in [0.29, 0.717) is 19.3 Å². The topological polar surface area (TPSA) is 84.3 Å². The first kappa shape index (κ1) is 18.6. The Kier molecular flexibility index (Phi) is 5.44. The maximum atomic E-state index is 12.4. The number of aryl methyl sites for hydroxylation is 2. The predicted molar refractivity (Wildman–Crippen MR) is 96.3 cm³/mol. The largest absolute Gasteiger partial charge is 0.353 e. The number of imide groups is 1. The zero-order chi connectivity index (χ0) is 18.8. The van der Waals surface area contributed by atoms with Crippen molar-refractivity contribution in [3.63, 3.8) is 0 Å². The Morgan fingerprint density at radius 2 is 1.81 bits per heavy atom. The molecule has 1 aromatic rings. The van der Waals surface area contributed by atoms with Gasteiger partial charge < -0.3 is 5.32 Å². The molecule has 1 atom stereocenters.